The second-order valence-corrected chi connectivity index (χ2v) is 6.52. The summed E-state index contributed by atoms with van der Waals surface area (Å²) in [7, 11) is 1.31. The maximum absolute atomic E-state index is 12.1. The van der Waals surface area contributed by atoms with Gasteiger partial charge in [-0.1, -0.05) is 19.9 Å². The van der Waals surface area contributed by atoms with Crippen LogP contribution in [0, 0.1) is 5.92 Å². The molecule has 0 bridgehead atoms. The van der Waals surface area contributed by atoms with Crippen LogP contribution in [0.3, 0.4) is 0 Å². The fourth-order valence-electron chi connectivity index (χ4n) is 2.14. The first kappa shape index (κ1) is 17.2. The van der Waals surface area contributed by atoms with Gasteiger partial charge < -0.3 is 14.5 Å². The number of hydrogen-bond acceptors (Lipinski definition) is 6. The van der Waals surface area contributed by atoms with E-state index in [1.165, 1.54) is 24.7 Å². The predicted octanol–water partition coefficient (Wildman–Crippen LogP) is 2.65. The highest BCUT2D eigenvalue weighted by Crippen LogP contribution is 2.23. The number of hydrogen-bond donors (Lipinski definition) is 1. The minimum atomic E-state index is -0.642. The second-order valence-electron chi connectivity index (χ2n) is 5.57. The quantitative estimate of drug-likeness (QED) is 0.786. The largest absolute Gasteiger partial charge is 0.467 e. The van der Waals surface area contributed by atoms with Crippen molar-refractivity contribution < 1.29 is 18.7 Å². The minimum absolute atomic E-state index is 0.0560. The van der Waals surface area contributed by atoms with Crippen molar-refractivity contribution in [3.05, 3.63) is 29.5 Å². The zero-order valence-corrected chi connectivity index (χ0v) is 14.2. The number of carbonyl (C=O) groups excluding carboxylic acids is 2. The molecule has 0 aliphatic rings. The number of methoxy groups -OCH3 is 1. The zero-order valence-electron chi connectivity index (χ0n) is 13.4. The molecule has 2 aromatic rings. The lowest BCUT2D eigenvalue weighted by Gasteiger charge is -2.17. The molecule has 23 heavy (non-hydrogen) atoms. The Morgan fingerprint density at radius 1 is 1.43 bits per heavy atom. The van der Waals surface area contributed by atoms with Gasteiger partial charge in [-0.05, 0) is 23.8 Å². The lowest BCUT2D eigenvalue weighted by Crippen LogP contribution is -2.43. The molecular formula is C16H20N2O4S. The van der Waals surface area contributed by atoms with E-state index in [1.54, 1.807) is 0 Å². The van der Waals surface area contributed by atoms with Gasteiger partial charge in [-0.2, -0.15) is 0 Å². The highest BCUT2D eigenvalue weighted by molar-refractivity contribution is 7.13. The van der Waals surface area contributed by atoms with E-state index in [0.717, 1.165) is 4.88 Å². The van der Waals surface area contributed by atoms with Gasteiger partial charge in [0.2, 0.25) is 11.8 Å². The van der Waals surface area contributed by atoms with Crippen LogP contribution < -0.4 is 5.32 Å². The fraction of sp³-hybridized carbons (Fsp3) is 0.438. The number of carbonyl (C=O) groups is 2. The Balaban J connectivity index is 1.96. The fourth-order valence-corrected chi connectivity index (χ4v) is 2.79. The van der Waals surface area contributed by atoms with Crippen LogP contribution in [0.4, 0.5) is 0 Å². The van der Waals surface area contributed by atoms with Crippen molar-refractivity contribution in [2.24, 2.45) is 5.92 Å². The highest BCUT2D eigenvalue weighted by atomic mass is 32.1. The molecule has 0 saturated heterocycles. The molecule has 1 N–H and O–H groups in total. The van der Waals surface area contributed by atoms with E-state index >= 15 is 0 Å². The number of amides is 1. The van der Waals surface area contributed by atoms with Gasteiger partial charge in [-0.15, -0.1) is 11.3 Å². The third-order valence-corrected chi connectivity index (χ3v) is 4.01. The van der Waals surface area contributed by atoms with Crippen molar-refractivity contribution in [3.8, 4) is 10.8 Å². The summed E-state index contributed by atoms with van der Waals surface area (Å²) in [4.78, 5) is 29.0. The van der Waals surface area contributed by atoms with Crippen LogP contribution in [0.1, 0.15) is 26.0 Å². The molecule has 0 aliphatic carbocycles. The maximum Gasteiger partial charge on any atom is 0.328 e. The highest BCUT2D eigenvalue weighted by Gasteiger charge is 2.23. The van der Waals surface area contributed by atoms with Crippen LogP contribution >= 0.6 is 11.3 Å². The second kappa shape index (κ2) is 7.92. The van der Waals surface area contributed by atoms with Crippen molar-refractivity contribution in [1.82, 2.24) is 10.3 Å². The van der Waals surface area contributed by atoms with Gasteiger partial charge >= 0.3 is 5.97 Å². The van der Waals surface area contributed by atoms with E-state index in [0.29, 0.717) is 18.0 Å². The Hall–Kier alpha value is -2.15. The Kier molecular flexibility index (Phi) is 5.92. The Labute approximate surface area is 138 Å². The van der Waals surface area contributed by atoms with Gasteiger partial charge in [0.25, 0.3) is 0 Å². The number of aromatic nitrogens is 1. The van der Waals surface area contributed by atoms with Crippen LogP contribution in [-0.2, 0) is 20.7 Å². The van der Waals surface area contributed by atoms with E-state index in [9.17, 15) is 9.59 Å². The third kappa shape index (κ3) is 4.92. The predicted molar refractivity (Wildman–Crippen MR) is 86.9 cm³/mol. The maximum atomic E-state index is 12.1. The summed E-state index contributed by atoms with van der Waals surface area (Å²) in [6.45, 7) is 3.96. The molecule has 0 aliphatic heterocycles. The summed E-state index contributed by atoms with van der Waals surface area (Å²) in [6.07, 6.45) is 2.04. The van der Waals surface area contributed by atoms with Crippen molar-refractivity contribution in [1.29, 1.82) is 0 Å². The molecule has 7 heteroatoms. The summed E-state index contributed by atoms with van der Waals surface area (Å²) in [6, 6.07) is 3.16. The first-order chi connectivity index (χ1) is 11.0. The van der Waals surface area contributed by atoms with E-state index in [4.69, 9.17) is 9.15 Å². The minimum Gasteiger partial charge on any atom is -0.467 e. The Bertz CT molecular complexity index is 649. The summed E-state index contributed by atoms with van der Waals surface area (Å²) in [5.41, 5.74) is 0.527. The van der Waals surface area contributed by atoms with Gasteiger partial charge in [0, 0.05) is 0 Å². The number of oxazole rings is 1. The Morgan fingerprint density at radius 3 is 2.83 bits per heavy atom. The molecule has 1 atom stereocenters. The molecule has 124 valence electrons. The average Bonchev–Trinajstić information content (AvgIpc) is 3.15. The van der Waals surface area contributed by atoms with Gasteiger partial charge in [0.15, 0.2) is 0 Å². The van der Waals surface area contributed by atoms with Gasteiger partial charge in [-0.3, -0.25) is 4.79 Å². The summed E-state index contributed by atoms with van der Waals surface area (Å²) >= 11 is 1.51. The SMILES string of the molecule is COC(=O)C(CC(C)C)NC(=O)Cc1coc(-c2cccs2)n1. The van der Waals surface area contributed by atoms with Crippen LogP contribution in [0.2, 0.25) is 0 Å². The molecule has 0 radical (unpaired) electrons. The molecule has 2 heterocycles. The lowest BCUT2D eigenvalue weighted by atomic mass is 10.0. The lowest BCUT2D eigenvalue weighted by molar-refractivity contribution is -0.145. The summed E-state index contributed by atoms with van der Waals surface area (Å²) in [5.74, 6) is 0.0323. The molecule has 0 spiro atoms. The average molecular weight is 336 g/mol. The van der Waals surface area contributed by atoms with E-state index in [-0.39, 0.29) is 18.2 Å². The Morgan fingerprint density at radius 2 is 2.22 bits per heavy atom. The molecule has 1 amide bonds. The number of nitrogens with zero attached hydrogens (tertiary/aromatic N) is 1. The molecule has 0 fully saturated rings. The first-order valence-electron chi connectivity index (χ1n) is 7.35. The topological polar surface area (TPSA) is 81.4 Å². The van der Waals surface area contributed by atoms with Gasteiger partial charge in [0.1, 0.15) is 12.3 Å². The van der Waals surface area contributed by atoms with Crippen molar-refractivity contribution in [2.45, 2.75) is 32.7 Å². The van der Waals surface area contributed by atoms with E-state index < -0.39 is 12.0 Å². The van der Waals surface area contributed by atoms with Gasteiger partial charge in [-0.25, -0.2) is 9.78 Å². The number of rotatable bonds is 7. The molecule has 2 aromatic heterocycles. The molecule has 0 saturated carbocycles. The standard InChI is InChI=1S/C16H20N2O4S/c1-10(2)7-12(16(20)21-3)18-14(19)8-11-9-22-15(17-11)13-5-4-6-23-13/h4-6,9-10,12H,7-8H2,1-3H3,(H,18,19). The third-order valence-electron chi connectivity index (χ3n) is 3.15. The van der Waals surface area contributed by atoms with Crippen LogP contribution in [0.15, 0.2) is 28.2 Å². The molecule has 2 rings (SSSR count). The van der Waals surface area contributed by atoms with E-state index in [1.807, 2.05) is 31.4 Å². The van der Waals surface area contributed by atoms with E-state index in [2.05, 4.69) is 10.3 Å². The summed E-state index contributed by atoms with van der Waals surface area (Å²) in [5, 5.41) is 4.63. The van der Waals surface area contributed by atoms with Crippen LogP contribution in [0.5, 0.6) is 0 Å². The number of thiophene rings is 1. The molecule has 1 unspecified atom stereocenters. The van der Waals surface area contributed by atoms with Crippen molar-refractivity contribution in [3.63, 3.8) is 0 Å². The smallest absolute Gasteiger partial charge is 0.328 e. The van der Waals surface area contributed by atoms with Gasteiger partial charge in [0.05, 0.1) is 24.1 Å². The van der Waals surface area contributed by atoms with Crippen molar-refractivity contribution >= 4 is 23.2 Å². The molecular weight excluding hydrogens is 316 g/mol. The normalized spacial score (nSPS) is 12.2. The monoisotopic (exact) mass is 336 g/mol. The van der Waals surface area contributed by atoms with Crippen LogP contribution in [0.25, 0.3) is 10.8 Å². The number of ether oxygens (including phenoxy) is 1. The molecule has 0 aromatic carbocycles. The number of esters is 1. The summed E-state index contributed by atoms with van der Waals surface area (Å²) < 4.78 is 10.1. The van der Waals surface area contributed by atoms with Crippen molar-refractivity contribution in [2.75, 3.05) is 7.11 Å². The van der Waals surface area contributed by atoms with Crippen LogP contribution in [-0.4, -0.2) is 30.0 Å². The number of nitrogens with one attached hydrogen (secondary N) is 1. The first-order valence-corrected chi connectivity index (χ1v) is 8.23. The molecule has 6 nitrogen and oxygen atoms in total. The zero-order chi connectivity index (χ0) is 16.8.